The molecule has 0 atom stereocenters. The first kappa shape index (κ1) is 23.0. The van der Waals surface area contributed by atoms with Gasteiger partial charge in [0, 0.05) is 26.2 Å². The van der Waals surface area contributed by atoms with Crippen molar-refractivity contribution in [3.63, 3.8) is 0 Å². The molecule has 0 radical (unpaired) electrons. The molecule has 0 bridgehead atoms. The lowest BCUT2D eigenvalue weighted by atomic mass is 10.2. The number of amides is 2. The molecule has 25 heavy (non-hydrogen) atoms. The Balaban J connectivity index is 4.22. The van der Waals surface area contributed by atoms with Gasteiger partial charge in [0.15, 0.2) is 0 Å². The van der Waals surface area contributed by atoms with E-state index >= 15 is 0 Å². The van der Waals surface area contributed by atoms with Crippen molar-refractivity contribution in [3.05, 3.63) is 0 Å². The molecule has 0 saturated heterocycles. The molecule has 146 valence electrons. The predicted octanol–water partition coefficient (Wildman–Crippen LogP) is 1.42. The van der Waals surface area contributed by atoms with Crippen LogP contribution in [0.3, 0.4) is 0 Å². The molecule has 0 aromatic heterocycles. The smallest absolute Gasteiger partial charge is 0.407 e. The van der Waals surface area contributed by atoms with E-state index in [1.165, 1.54) is 0 Å². The van der Waals surface area contributed by atoms with Gasteiger partial charge in [-0.05, 0) is 41.5 Å². The molecular formula is C16H31N3O6. The highest BCUT2D eigenvalue weighted by Crippen LogP contribution is 2.07. The second-order valence-electron chi connectivity index (χ2n) is 7.53. The van der Waals surface area contributed by atoms with Gasteiger partial charge in [-0.25, -0.2) is 9.59 Å². The van der Waals surface area contributed by atoms with Crippen LogP contribution in [-0.2, 0) is 14.3 Å². The highest BCUT2D eigenvalue weighted by molar-refractivity contribution is 5.69. The standard InChI is InChI=1S/C16H31N3O6/c1-15(2,3)24-13(22)17-7-9-19(11-12(20)21)10-8-18-14(23)25-16(4,5)6/h7-11H2,1-6H3,(H,17,22)(H,18,23)(H,20,21). The molecule has 0 aromatic carbocycles. The average molecular weight is 361 g/mol. The van der Waals surface area contributed by atoms with Gasteiger partial charge in [-0.3, -0.25) is 9.69 Å². The summed E-state index contributed by atoms with van der Waals surface area (Å²) in [6.07, 6.45) is -1.12. The summed E-state index contributed by atoms with van der Waals surface area (Å²) in [4.78, 5) is 35.6. The van der Waals surface area contributed by atoms with Crippen molar-refractivity contribution in [3.8, 4) is 0 Å². The van der Waals surface area contributed by atoms with Gasteiger partial charge in [0.05, 0.1) is 6.54 Å². The van der Waals surface area contributed by atoms with E-state index in [1.807, 2.05) is 0 Å². The van der Waals surface area contributed by atoms with Crippen LogP contribution in [0.4, 0.5) is 9.59 Å². The van der Waals surface area contributed by atoms with Crippen LogP contribution in [-0.4, -0.2) is 72.1 Å². The van der Waals surface area contributed by atoms with E-state index in [0.717, 1.165) is 0 Å². The van der Waals surface area contributed by atoms with Crippen LogP contribution in [0.5, 0.6) is 0 Å². The Morgan fingerprint density at radius 3 is 1.48 bits per heavy atom. The van der Waals surface area contributed by atoms with Gasteiger partial charge >= 0.3 is 18.2 Å². The van der Waals surface area contributed by atoms with Crippen LogP contribution in [0, 0.1) is 0 Å². The Kier molecular flexibility index (Phi) is 9.25. The molecule has 0 unspecified atom stereocenters. The third-order valence-corrected chi connectivity index (χ3v) is 2.55. The molecule has 0 heterocycles. The number of carbonyl (C=O) groups excluding carboxylic acids is 2. The zero-order chi connectivity index (χ0) is 19.7. The summed E-state index contributed by atoms with van der Waals surface area (Å²) < 4.78 is 10.2. The number of carboxylic acid groups (broad SMARTS) is 1. The number of hydrogen-bond donors (Lipinski definition) is 3. The van der Waals surface area contributed by atoms with E-state index < -0.39 is 29.4 Å². The maximum absolute atomic E-state index is 11.6. The van der Waals surface area contributed by atoms with Crippen LogP contribution < -0.4 is 10.6 Å². The van der Waals surface area contributed by atoms with Crippen molar-refractivity contribution in [1.29, 1.82) is 0 Å². The average Bonchev–Trinajstić information content (AvgIpc) is 2.33. The summed E-state index contributed by atoms with van der Waals surface area (Å²) in [5.41, 5.74) is -1.19. The topological polar surface area (TPSA) is 117 Å². The number of alkyl carbamates (subject to hydrolysis) is 2. The van der Waals surface area contributed by atoms with Gasteiger partial charge in [-0.15, -0.1) is 0 Å². The molecule has 9 heteroatoms. The van der Waals surface area contributed by atoms with Crippen LogP contribution in [0.1, 0.15) is 41.5 Å². The minimum atomic E-state index is -0.991. The van der Waals surface area contributed by atoms with E-state index in [0.29, 0.717) is 13.1 Å². The zero-order valence-electron chi connectivity index (χ0n) is 16.0. The first-order chi connectivity index (χ1) is 11.3. The van der Waals surface area contributed by atoms with Crippen LogP contribution in [0.2, 0.25) is 0 Å². The monoisotopic (exact) mass is 361 g/mol. The molecular weight excluding hydrogens is 330 g/mol. The maximum Gasteiger partial charge on any atom is 0.407 e. The van der Waals surface area contributed by atoms with Crippen LogP contribution in [0.25, 0.3) is 0 Å². The van der Waals surface area contributed by atoms with Gasteiger partial charge < -0.3 is 25.2 Å². The van der Waals surface area contributed by atoms with Crippen molar-refractivity contribution in [2.24, 2.45) is 0 Å². The van der Waals surface area contributed by atoms with E-state index in [1.54, 1.807) is 46.4 Å². The third kappa shape index (κ3) is 15.2. The number of carboxylic acids is 1. The predicted molar refractivity (Wildman–Crippen MR) is 92.5 cm³/mol. The van der Waals surface area contributed by atoms with E-state index in [2.05, 4.69) is 10.6 Å². The number of hydrogen-bond acceptors (Lipinski definition) is 6. The fraction of sp³-hybridized carbons (Fsp3) is 0.812. The van der Waals surface area contributed by atoms with Crippen molar-refractivity contribution >= 4 is 18.2 Å². The van der Waals surface area contributed by atoms with Crippen molar-refractivity contribution in [1.82, 2.24) is 15.5 Å². The fourth-order valence-electron chi connectivity index (χ4n) is 1.72. The van der Waals surface area contributed by atoms with Gasteiger partial charge in [-0.2, -0.15) is 0 Å². The molecule has 0 aliphatic carbocycles. The van der Waals surface area contributed by atoms with Crippen molar-refractivity contribution < 1.29 is 29.0 Å². The fourth-order valence-corrected chi connectivity index (χ4v) is 1.72. The molecule has 0 rings (SSSR count). The van der Waals surface area contributed by atoms with Gasteiger partial charge in [-0.1, -0.05) is 0 Å². The summed E-state index contributed by atoms with van der Waals surface area (Å²) >= 11 is 0. The van der Waals surface area contributed by atoms with Gasteiger partial charge in [0.1, 0.15) is 11.2 Å². The normalized spacial score (nSPS) is 11.8. The number of nitrogens with zero attached hydrogens (tertiary/aromatic N) is 1. The molecule has 0 saturated carbocycles. The summed E-state index contributed by atoms with van der Waals surface area (Å²) in [5, 5.41) is 14.1. The second kappa shape index (κ2) is 10.1. The lowest BCUT2D eigenvalue weighted by molar-refractivity contribution is -0.138. The molecule has 0 aliphatic heterocycles. The van der Waals surface area contributed by atoms with Crippen LogP contribution >= 0.6 is 0 Å². The minimum absolute atomic E-state index is 0.202. The first-order valence-electron chi connectivity index (χ1n) is 8.16. The molecule has 0 aromatic rings. The highest BCUT2D eigenvalue weighted by atomic mass is 16.6. The molecule has 0 spiro atoms. The number of ether oxygens (including phenoxy) is 2. The SMILES string of the molecule is CC(C)(C)OC(=O)NCCN(CCNC(=O)OC(C)(C)C)CC(=O)O. The highest BCUT2D eigenvalue weighted by Gasteiger charge is 2.18. The molecule has 0 fully saturated rings. The summed E-state index contributed by atoms with van der Waals surface area (Å²) in [7, 11) is 0. The van der Waals surface area contributed by atoms with E-state index in [-0.39, 0.29) is 19.6 Å². The Labute approximate surface area is 149 Å². The Hall–Kier alpha value is -2.03. The summed E-state index contributed by atoms with van der Waals surface area (Å²) in [5.74, 6) is -0.991. The lowest BCUT2D eigenvalue weighted by Crippen LogP contribution is -2.43. The third-order valence-electron chi connectivity index (χ3n) is 2.55. The zero-order valence-corrected chi connectivity index (χ0v) is 16.0. The quantitative estimate of drug-likeness (QED) is 0.598. The molecule has 9 nitrogen and oxygen atoms in total. The Morgan fingerprint density at radius 2 is 1.20 bits per heavy atom. The van der Waals surface area contributed by atoms with Crippen molar-refractivity contribution in [2.45, 2.75) is 52.7 Å². The lowest BCUT2D eigenvalue weighted by Gasteiger charge is -2.23. The number of rotatable bonds is 8. The molecule has 0 aliphatic rings. The van der Waals surface area contributed by atoms with Gasteiger partial charge in [0.2, 0.25) is 0 Å². The number of nitrogens with one attached hydrogen (secondary N) is 2. The maximum atomic E-state index is 11.6. The number of aliphatic carboxylic acids is 1. The van der Waals surface area contributed by atoms with Crippen molar-refractivity contribution in [2.75, 3.05) is 32.7 Å². The molecule has 2 amide bonds. The first-order valence-corrected chi connectivity index (χ1v) is 8.16. The molecule has 3 N–H and O–H groups in total. The summed E-state index contributed by atoms with van der Waals surface area (Å²) in [6, 6.07) is 0. The Morgan fingerprint density at radius 1 is 0.840 bits per heavy atom. The number of carbonyl (C=O) groups is 3. The van der Waals surface area contributed by atoms with Gasteiger partial charge in [0.25, 0.3) is 0 Å². The minimum Gasteiger partial charge on any atom is -0.480 e. The largest absolute Gasteiger partial charge is 0.480 e. The van der Waals surface area contributed by atoms with Crippen LogP contribution in [0.15, 0.2) is 0 Å². The second-order valence-corrected chi connectivity index (χ2v) is 7.53. The van der Waals surface area contributed by atoms with E-state index in [4.69, 9.17) is 14.6 Å². The van der Waals surface area contributed by atoms with E-state index in [9.17, 15) is 14.4 Å². The summed E-state index contributed by atoms with van der Waals surface area (Å²) in [6.45, 7) is 11.4. The Bertz CT molecular complexity index is 420.